The summed E-state index contributed by atoms with van der Waals surface area (Å²) < 4.78 is 0. The Labute approximate surface area is 134 Å². The summed E-state index contributed by atoms with van der Waals surface area (Å²) in [5.41, 5.74) is 1.71. The monoisotopic (exact) mass is 309 g/mol. The lowest BCUT2D eigenvalue weighted by Gasteiger charge is -2.42. The van der Waals surface area contributed by atoms with Crippen LogP contribution < -0.4 is 5.32 Å². The lowest BCUT2D eigenvalue weighted by molar-refractivity contribution is 0.107. The molecule has 21 heavy (non-hydrogen) atoms. The first-order chi connectivity index (χ1) is 9.89. The highest BCUT2D eigenvalue weighted by Gasteiger charge is 2.34. The van der Waals surface area contributed by atoms with Crippen LogP contribution in [-0.4, -0.2) is 36.1 Å². The molecule has 1 saturated carbocycles. The first-order valence-electron chi connectivity index (χ1n) is 8.22. The molecule has 0 radical (unpaired) electrons. The molecular weight excluding hydrogens is 278 g/mol. The summed E-state index contributed by atoms with van der Waals surface area (Å²) in [4.78, 5) is 7.04. The third-order valence-corrected chi connectivity index (χ3v) is 5.45. The smallest absolute Gasteiger partial charge is 0.0897 e. The molecule has 2 atom stereocenters. The Morgan fingerprint density at radius 3 is 2.86 bits per heavy atom. The van der Waals surface area contributed by atoms with Crippen molar-refractivity contribution in [2.24, 2.45) is 11.3 Å². The van der Waals surface area contributed by atoms with Crippen molar-refractivity contribution in [3.05, 3.63) is 16.1 Å². The Morgan fingerprint density at radius 2 is 2.24 bits per heavy atom. The molecule has 2 unspecified atom stereocenters. The van der Waals surface area contributed by atoms with Crippen molar-refractivity contribution >= 4 is 11.3 Å². The first-order valence-corrected chi connectivity index (χ1v) is 9.10. The quantitative estimate of drug-likeness (QED) is 0.868. The fourth-order valence-corrected chi connectivity index (χ4v) is 4.28. The van der Waals surface area contributed by atoms with Crippen LogP contribution in [0.3, 0.4) is 0 Å². The molecule has 1 heterocycles. The molecule has 0 aromatic carbocycles. The van der Waals surface area contributed by atoms with E-state index in [-0.39, 0.29) is 0 Å². The van der Waals surface area contributed by atoms with Gasteiger partial charge in [-0.15, -0.1) is 11.3 Å². The van der Waals surface area contributed by atoms with Crippen molar-refractivity contribution < 1.29 is 0 Å². The molecule has 1 aromatic heterocycles. The van der Waals surface area contributed by atoms with Gasteiger partial charge in [-0.2, -0.15) is 0 Å². The van der Waals surface area contributed by atoms with Crippen LogP contribution in [0.25, 0.3) is 0 Å². The molecule has 1 aliphatic carbocycles. The Bertz CT molecular complexity index is 441. The summed E-state index contributed by atoms with van der Waals surface area (Å²) in [6.45, 7) is 12.4. The van der Waals surface area contributed by atoms with Gasteiger partial charge in [-0.05, 0) is 51.1 Å². The zero-order chi connectivity index (χ0) is 15.5. The van der Waals surface area contributed by atoms with Crippen LogP contribution in [-0.2, 0) is 6.54 Å². The molecule has 2 rings (SSSR count). The number of aryl methyl sites for hydroxylation is 1. The molecule has 4 heteroatoms. The topological polar surface area (TPSA) is 28.2 Å². The maximum absolute atomic E-state index is 4.59. The van der Waals surface area contributed by atoms with Crippen molar-refractivity contribution in [3.63, 3.8) is 0 Å². The van der Waals surface area contributed by atoms with Gasteiger partial charge < -0.3 is 10.2 Å². The Hall–Kier alpha value is -0.450. The lowest BCUT2D eigenvalue weighted by Crippen LogP contribution is -2.46. The highest BCUT2D eigenvalue weighted by molar-refractivity contribution is 7.09. The molecular formula is C17H31N3S. The molecule has 0 spiro atoms. The van der Waals surface area contributed by atoms with Gasteiger partial charge in [0.2, 0.25) is 0 Å². The van der Waals surface area contributed by atoms with Crippen molar-refractivity contribution in [3.8, 4) is 0 Å². The molecule has 1 fully saturated rings. The van der Waals surface area contributed by atoms with Crippen molar-refractivity contribution in [1.82, 2.24) is 15.2 Å². The van der Waals surface area contributed by atoms with Crippen LogP contribution in [0.5, 0.6) is 0 Å². The Morgan fingerprint density at radius 1 is 1.48 bits per heavy atom. The van der Waals surface area contributed by atoms with Gasteiger partial charge in [0.05, 0.1) is 10.7 Å². The molecule has 120 valence electrons. The van der Waals surface area contributed by atoms with Gasteiger partial charge in [0.25, 0.3) is 0 Å². The van der Waals surface area contributed by atoms with Gasteiger partial charge in [-0.1, -0.05) is 20.8 Å². The number of thiazole rings is 1. The Kier molecular flexibility index (Phi) is 5.81. The Balaban J connectivity index is 1.93. The van der Waals surface area contributed by atoms with E-state index in [9.17, 15) is 0 Å². The van der Waals surface area contributed by atoms with Crippen molar-refractivity contribution in [2.75, 3.05) is 20.1 Å². The number of hydrogen-bond acceptors (Lipinski definition) is 4. The molecule has 0 bridgehead atoms. The second-order valence-corrected chi connectivity index (χ2v) is 8.45. The van der Waals surface area contributed by atoms with Crippen LogP contribution in [0.2, 0.25) is 0 Å². The summed E-state index contributed by atoms with van der Waals surface area (Å²) in [5.74, 6) is 0.749. The minimum Gasteiger partial charge on any atom is -0.314 e. The second-order valence-electron chi connectivity index (χ2n) is 7.39. The largest absolute Gasteiger partial charge is 0.314 e. The number of hydrogen-bond donors (Lipinski definition) is 1. The summed E-state index contributed by atoms with van der Waals surface area (Å²) in [6.07, 6.45) is 3.98. The fourth-order valence-electron chi connectivity index (χ4n) is 3.68. The number of aromatic nitrogens is 1. The van der Waals surface area contributed by atoms with E-state index in [1.54, 1.807) is 11.3 Å². The minimum absolute atomic E-state index is 0.495. The van der Waals surface area contributed by atoms with Crippen molar-refractivity contribution in [1.29, 1.82) is 0 Å². The fraction of sp³-hybridized carbons (Fsp3) is 0.824. The molecule has 1 aliphatic rings. The first kappa shape index (κ1) is 16.9. The zero-order valence-electron chi connectivity index (χ0n) is 14.3. The van der Waals surface area contributed by atoms with Gasteiger partial charge >= 0.3 is 0 Å². The van der Waals surface area contributed by atoms with E-state index in [1.807, 2.05) is 0 Å². The predicted molar refractivity (Wildman–Crippen MR) is 91.8 cm³/mol. The third-order valence-electron chi connectivity index (χ3n) is 4.63. The van der Waals surface area contributed by atoms with E-state index < -0.39 is 0 Å². The van der Waals surface area contributed by atoms with Gasteiger partial charge in [0, 0.05) is 24.5 Å². The van der Waals surface area contributed by atoms with Gasteiger partial charge in [-0.25, -0.2) is 4.98 Å². The SMILES string of the molecule is CCNC1CCC(C)(C)CC1CN(C)Cc1csc(C)n1. The van der Waals surface area contributed by atoms with E-state index >= 15 is 0 Å². The van der Waals surface area contributed by atoms with E-state index in [0.717, 1.165) is 25.6 Å². The maximum Gasteiger partial charge on any atom is 0.0897 e. The molecule has 3 nitrogen and oxygen atoms in total. The number of nitrogens with one attached hydrogen (secondary N) is 1. The second kappa shape index (κ2) is 7.21. The highest BCUT2D eigenvalue weighted by atomic mass is 32.1. The summed E-state index contributed by atoms with van der Waals surface area (Å²) in [7, 11) is 2.24. The number of rotatable bonds is 6. The van der Waals surface area contributed by atoms with E-state index in [4.69, 9.17) is 0 Å². The van der Waals surface area contributed by atoms with Gasteiger partial charge in [-0.3, -0.25) is 0 Å². The average Bonchev–Trinajstić information content (AvgIpc) is 2.77. The van der Waals surface area contributed by atoms with Crippen molar-refractivity contribution in [2.45, 2.75) is 59.5 Å². The molecule has 1 N–H and O–H groups in total. The van der Waals surface area contributed by atoms with E-state index in [0.29, 0.717) is 11.5 Å². The molecule has 0 aliphatic heterocycles. The summed E-state index contributed by atoms with van der Waals surface area (Å²) >= 11 is 1.75. The van der Waals surface area contributed by atoms with Gasteiger partial charge in [0.1, 0.15) is 0 Å². The van der Waals surface area contributed by atoms with Gasteiger partial charge in [0.15, 0.2) is 0 Å². The number of nitrogens with zero attached hydrogens (tertiary/aromatic N) is 2. The zero-order valence-corrected chi connectivity index (χ0v) is 15.1. The van der Waals surface area contributed by atoms with Crippen LogP contribution in [0.15, 0.2) is 5.38 Å². The maximum atomic E-state index is 4.59. The molecule has 1 aromatic rings. The van der Waals surface area contributed by atoms with E-state index in [2.05, 4.69) is 55.3 Å². The summed E-state index contributed by atoms with van der Waals surface area (Å²) in [5, 5.41) is 7.07. The van der Waals surface area contributed by atoms with E-state index in [1.165, 1.54) is 30.0 Å². The average molecular weight is 310 g/mol. The molecule has 0 saturated heterocycles. The summed E-state index contributed by atoms with van der Waals surface area (Å²) in [6, 6.07) is 0.683. The van der Waals surface area contributed by atoms with Crippen LogP contribution in [0.1, 0.15) is 50.7 Å². The lowest BCUT2D eigenvalue weighted by atomic mass is 9.69. The van der Waals surface area contributed by atoms with Crippen LogP contribution >= 0.6 is 11.3 Å². The van der Waals surface area contributed by atoms with Crippen LogP contribution in [0, 0.1) is 18.3 Å². The minimum atomic E-state index is 0.495. The normalized spacial score (nSPS) is 25.4. The third kappa shape index (κ3) is 5.04. The highest BCUT2D eigenvalue weighted by Crippen LogP contribution is 2.39. The van der Waals surface area contributed by atoms with Crippen LogP contribution in [0.4, 0.5) is 0 Å². The molecule has 0 amide bonds. The predicted octanol–water partition coefficient (Wildman–Crippen LogP) is 3.69. The standard InChI is InChI=1S/C17H31N3S/c1-6-18-16-7-8-17(3,4)9-14(16)10-20(5)11-15-12-21-13(2)19-15/h12,14,16,18H,6-11H2,1-5H3.